The summed E-state index contributed by atoms with van der Waals surface area (Å²) >= 11 is 0. The summed E-state index contributed by atoms with van der Waals surface area (Å²) in [5.74, 6) is 0.640. The van der Waals surface area contributed by atoms with Gasteiger partial charge in [0.05, 0.1) is 12.8 Å². The van der Waals surface area contributed by atoms with E-state index in [1.54, 1.807) is 25.4 Å². The van der Waals surface area contributed by atoms with Gasteiger partial charge in [-0.2, -0.15) is 0 Å². The molecule has 6 heteroatoms. The van der Waals surface area contributed by atoms with Crippen molar-refractivity contribution in [2.24, 2.45) is 0 Å². The molecule has 21 heavy (non-hydrogen) atoms. The molecule has 0 saturated carbocycles. The normalized spacial score (nSPS) is 14.8. The van der Waals surface area contributed by atoms with Crippen LogP contribution >= 0.6 is 0 Å². The summed E-state index contributed by atoms with van der Waals surface area (Å²) < 4.78 is 19.2. The molecule has 0 fully saturated rings. The van der Waals surface area contributed by atoms with Crippen LogP contribution in [0.15, 0.2) is 24.4 Å². The highest BCUT2D eigenvalue weighted by molar-refractivity contribution is 5.35. The summed E-state index contributed by atoms with van der Waals surface area (Å²) in [7, 11) is 1.56. The molecule has 0 atom stereocenters. The summed E-state index contributed by atoms with van der Waals surface area (Å²) in [5.41, 5.74) is 8.21. The quantitative estimate of drug-likeness (QED) is 0.932. The summed E-state index contributed by atoms with van der Waals surface area (Å²) in [6.45, 7) is 1.99. The minimum atomic E-state index is -0.242. The summed E-state index contributed by atoms with van der Waals surface area (Å²) in [5, 5.41) is 0. The second kappa shape index (κ2) is 5.65. The third-order valence-electron chi connectivity index (χ3n) is 3.71. The van der Waals surface area contributed by atoms with E-state index < -0.39 is 0 Å². The van der Waals surface area contributed by atoms with Crippen LogP contribution in [0.5, 0.6) is 5.75 Å². The average Bonchev–Trinajstić information content (AvgIpc) is 2.49. The Labute approximate surface area is 122 Å². The smallest absolute Gasteiger partial charge is 0.220 e. The Morgan fingerprint density at radius 1 is 1.43 bits per heavy atom. The van der Waals surface area contributed by atoms with Crippen LogP contribution in [0, 0.1) is 5.82 Å². The zero-order chi connectivity index (χ0) is 14.8. The van der Waals surface area contributed by atoms with E-state index in [1.165, 1.54) is 6.07 Å². The van der Waals surface area contributed by atoms with Crippen molar-refractivity contribution >= 4 is 5.95 Å². The molecular formula is C15H17FN4O. The minimum absolute atomic E-state index is 0.242. The number of nitrogen functional groups attached to an aromatic ring is 1. The number of halogens is 1. The van der Waals surface area contributed by atoms with Gasteiger partial charge in [0.25, 0.3) is 0 Å². The van der Waals surface area contributed by atoms with Crippen LogP contribution in [0.2, 0.25) is 0 Å². The van der Waals surface area contributed by atoms with Crippen molar-refractivity contribution in [2.75, 3.05) is 19.4 Å². The lowest BCUT2D eigenvalue weighted by atomic mass is 10.1. The fraction of sp³-hybridized carbons (Fsp3) is 0.333. The van der Waals surface area contributed by atoms with Gasteiger partial charge in [-0.25, -0.2) is 14.4 Å². The van der Waals surface area contributed by atoms with E-state index in [4.69, 9.17) is 10.5 Å². The molecule has 110 valence electrons. The van der Waals surface area contributed by atoms with E-state index in [0.717, 1.165) is 24.2 Å². The van der Waals surface area contributed by atoms with E-state index in [-0.39, 0.29) is 5.82 Å². The maximum absolute atomic E-state index is 14.0. The van der Waals surface area contributed by atoms with Crippen LogP contribution in [0.3, 0.4) is 0 Å². The number of aromatic nitrogens is 2. The van der Waals surface area contributed by atoms with Gasteiger partial charge < -0.3 is 10.5 Å². The van der Waals surface area contributed by atoms with Crippen LogP contribution in [-0.2, 0) is 19.5 Å². The predicted molar refractivity (Wildman–Crippen MR) is 77.2 cm³/mol. The molecule has 2 aromatic rings. The molecule has 1 aromatic heterocycles. The highest BCUT2D eigenvalue weighted by atomic mass is 19.1. The Hall–Kier alpha value is -2.21. The van der Waals surface area contributed by atoms with Crippen LogP contribution in [0.1, 0.15) is 16.8 Å². The van der Waals surface area contributed by atoms with Gasteiger partial charge in [0, 0.05) is 43.4 Å². The number of benzene rings is 1. The van der Waals surface area contributed by atoms with E-state index in [2.05, 4.69) is 14.9 Å². The summed E-state index contributed by atoms with van der Waals surface area (Å²) in [6.07, 6.45) is 2.54. The zero-order valence-corrected chi connectivity index (χ0v) is 11.8. The van der Waals surface area contributed by atoms with Gasteiger partial charge in [-0.15, -0.1) is 0 Å². The Kier molecular flexibility index (Phi) is 3.70. The zero-order valence-electron chi connectivity index (χ0n) is 11.8. The Balaban J connectivity index is 1.80. The van der Waals surface area contributed by atoms with Crippen LogP contribution < -0.4 is 10.5 Å². The molecule has 0 amide bonds. The maximum atomic E-state index is 14.0. The molecule has 2 heterocycles. The highest BCUT2D eigenvalue weighted by Crippen LogP contribution is 2.25. The first kappa shape index (κ1) is 13.8. The lowest BCUT2D eigenvalue weighted by Crippen LogP contribution is -2.31. The Bertz CT molecular complexity index is 662. The summed E-state index contributed by atoms with van der Waals surface area (Å²) in [6, 6.07) is 4.89. The predicted octanol–water partition coefficient (Wildman–Crippen LogP) is 1.76. The fourth-order valence-corrected chi connectivity index (χ4v) is 2.63. The van der Waals surface area contributed by atoms with Crippen LogP contribution in [0.4, 0.5) is 10.3 Å². The standard InChI is InChI=1S/C15H17FN4O/c1-21-14-4-2-3-12(16)11(14)9-20-6-5-13-10(8-20)7-18-15(17)19-13/h2-4,7H,5-6,8-9H2,1H3,(H2,17,18,19). The first-order valence-corrected chi connectivity index (χ1v) is 6.81. The molecule has 0 saturated heterocycles. The number of nitrogens with zero attached hydrogens (tertiary/aromatic N) is 3. The number of fused-ring (bicyclic) bond motifs is 1. The van der Waals surface area contributed by atoms with Crippen molar-refractivity contribution in [1.82, 2.24) is 14.9 Å². The number of ether oxygens (including phenoxy) is 1. The van der Waals surface area contributed by atoms with E-state index >= 15 is 0 Å². The van der Waals surface area contributed by atoms with Crippen LogP contribution in [0.25, 0.3) is 0 Å². The Morgan fingerprint density at radius 3 is 3.10 bits per heavy atom. The number of anilines is 1. The Morgan fingerprint density at radius 2 is 2.29 bits per heavy atom. The van der Waals surface area contributed by atoms with Gasteiger partial charge in [0.2, 0.25) is 5.95 Å². The van der Waals surface area contributed by atoms with Gasteiger partial charge >= 0.3 is 0 Å². The molecule has 0 bridgehead atoms. The number of hydrogen-bond donors (Lipinski definition) is 1. The van der Waals surface area contributed by atoms with Crippen molar-refractivity contribution < 1.29 is 9.13 Å². The van der Waals surface area contributed by atoms with Crippen molar-refractivity contribution in [3.8, 4) is 5.75 Å². The SMILES string of the molecule is COc1cccc(F)c1CN1CCc2nc(N)ncc2C1. The molecule has 1 aliphatic heterocycles. The maximum Gasteiger partial charge on any atom is 0.220 e. The van der Waals surface area contributed by atoms with Crippen molar-refractivity contribution in [3.05, 3.63) is 47.0 Å². The second-order valence-electron chi connectivity index (χ2n) is 5.08. The van der Waals surface area contributed by atoms with Crippen molar-refractivity contribution in [1.29, 1.82) is 0 Å². The van der Waals surface area contributed by atoms with Crippen LogP contribution in [-0.4, -0.2) is 28.5 Å². The van der Waals surface area contributed by atoms with Crippen molar-refractivity contribution in [3.63, 3.8) is 0 Å². The molecule has 0 aliphatic carbocycles. The molecule has 0 spiro atoms. The third kappa shape index (κ3) is 2.80. The van der Waals surface area contributed by atoms with Gasteiger partial charge in [-0.1, -0.05) is 6.07 Å². The lowest BCUT2D eigenvalue weighted by Gasteiger charge is -2.28. The molecule has 3 rings (SSSR count). The second-order valence-corrected chi connectivity index (χ2v) is 5.08. The molecule has 0 unspecified atom stereocenters. The molecular weight excluding hydrogens is 271 g/mol. The van der Waals surface area contributed by atoms with Gasteiger partial charge in [-0.3, -0.25) is 4.90 Å². The molecule has 2 N–H and O–H groups in total. The molecule has 0 radical (unpaired) electrons. The largest absolute Gasteiger partial charge is 0.496 e. The lowest BCUT2D eigenvalue weighted by molar-refractivity contribution is 0.235. The molecule has 5 nitrogen and oxygen atoms in total. The van der Waals surface area contributed by atoms with Gasteiger partial charge in [0.15, 0.2) is 0 Å². The van der Waals surface area contributed by atoms with Gasteiger partial charge in [0.1, 0.15) is 11.6 Å². The molecule has 1 aliphatic rings. The number of methoxy groups -OCH3 is 1. The van der Waals surface area contributed by atoms with Crippen molar-refractivity contribution in [2.45, 2.75) is 19.5 Å². The fourth-order valence-electron chi connectivity index (χ4n) is 2.63. The number of nitrogens with two attached hydrogens (primary N) is 1. The van der Waals surface area contributed by atoms with E-state index in [1.807, 2.05) is 0 Å². The van der Waals surface area contributed by atoms with E-state index in [9.17, 15) is 4.39 Å². The topological polar surface area (TPSA) is 64.3 Å². The monoisotopic (exact) mass is 288 g/mol. The minimum Gasteiger partial charge on any atom is -0.496 e. The van der Waals surface area contributed by atoms with Gasteiger partial charge in [-0.05, 0) is 12.1 Å². The average molecular weight is 288 g/mol. The number of rotatable bonds is 3. The first-order chi connectivity index (χ1) is 10.2. The van der Waals surface area contributed by atoms with E-state index in [0.29, 0.717) is 30.4 Å². The molecule has 1 aromatic carbocycles. The summed E-state index contributed by atoms with van der Waals surface area (Å²) in [4.78, 5) is 10.4. The highest BCUT2D eigenvalue weighted by Gasteiger charge is 2.20. The third-order valence-corrected chi connectivity index (χ3v) is 3.71. The number of hydrogen-bond acceptors (Lipinski definition) is 5. The first-order valence-electron chi connectivity index (χ1n) is 6.81.